The van der Waals surface area contributed by atoms with E-state index in [4.69, 9.17) is 9.47 Å². The van der Waals surface area contributed by atoms with Crippen LogP contribution in [0.4, 0.5) is 4.79 Å². The van der Waals surface area contributed by atoms with Crippen molar-refractivity contribution in [2.45, 2.75) is 52.1 Å². The third kappa shape index (κ3) is 5.41. The summed E-state index contributed by atoms with van der Waals surface area (Å²) in [5, 5.41) is 5.43. The molecule has 0 unspecified atom stereocenters. The summed E-state index contributed by atoms with van der Waals surface area (Å²) in [6, 6.07) is 14.6. The van der Waals surface area contributed by atoms with Crippen LogP contribution in [0.2, 0.25) is 0 Å². The summed E-state index contributed by atoms with van der Waals surface area (Å²) < 4.78 is 10.4. The van der Waals surface area contributed by atoms with E-state index >= 15 is 0 Å². The lowest BCUT2D eigenvalue weighted by molar-refractivity contribution is -0.147. The Kier molecular flexibility index (Phi) is 8.31. The number of benzene rings is 2. The van der Waals surface area contributed by atoms with Gasteiger partial charge in [0.25, 0.3) is 0 Å². The Morgan fingerprint density at radius 1 is 0.882 bits per heavy atom. The molecule has 2 aromatic rings. The van der Waals surface area contributed by atoms with Gasteiger partial charge in [-0.2, -0.15) is 0 Å². The average molecular weight is 467 g/mol. The second kappa shape index (κ2) is 11.2. The molecule has 182 valence electrons. The van der Waals surface area contributed by atoms with Crippen LogP contribution in [0.5, 0.6) is 0 Å². The number of carbonyl (C=O) groups is 3. The van der Waals surface area contributed by atoms with E-state index in [-0.39, 0.29) is 24.4 Å². The van der Waals surface area contributed by atoms with Crippen molar-refractivity contribution in [3.05, 3.63) is 59.7 Å². The van der Waals surface area contributed by atoms with Gasteiger partial charge < -0.3 is 20.1 Å². The molecule has 7 heteroatoms. The van der Waals surface area contributed by atoms with Gasteiger partial charge in [-0.05, 0) is 34.1 Å². The summed E-state index contributed by atoms with van der Waals surface area (Å²) in [5.41, 5.74) is 4.52. The Labute approximate surface area is 201 Å². The minimum atomic E-state index is -0.855. The number of amides is 2. The predicted molar refractivity (Wildman–Crippen MR) is 130 cm³/mol. The maximum Gasteiger partial charge on any atom is 0.407 e. The SMILES string of the molecule is CC[C@H](C)[C@H](NC(=O)[C@@H](NC(=O)OCC1c2ccccc2-c2ccccc21)C(C)C)C(=O)OC. The molecular formula is C27H34N2O5. The van der Waals surface area contributed by atoms with Gasteiger partial charge in [-0.25, -0.2) is 9.59 Å². The molecule has 0 spiro atoms. The molecule has 0 saturated heterocycles. The molecule has 3 rings (SSSR count). The average Bonchev–Trinajstić information content (AvgIpc) is 3.17. The van der Waals surface area contributed by atoms with Crippen LogP contribution in [0.25, 0.3) is 11.1 Å². The summed E-state index contributed by atoms with van der Waals surface area (Å²) in [5.74, 6) is -1.35. The predicted octanol–water partition coefficient (Wildman–Crippen LogP) is 4.25. The van der Waals surface area contributed by atoms with Gasteiger partial charge in [0.1, 0.15) is 18.7 Å². The Morgan fingerprint density at radius 3 is 1.94 bits per heavy atom. The van der Waals surface area contributed by atoms with E-state index in [0.717, 1.165) is 22.3 Å². The lowest BCUT2D eigenvalue weighted by Crippen LogP contribution is -2.55. The normalized spacial score (nSPS) is 15.0. The van der Waals surface area contributed by atoms with Crippen LogP contribution in [0.15, 0.2) is 48.5 Å². The second-order valence-electron chi connectivity index (χ2n) is 9.09. The van der Waals surface area contributed by atoms with Crippen molar-refractivity contribution in [2.24, 2.45) is 11.8 Å². The number of esters is 1. The summed E-state index contributed by atoms with van der Waals surface area (Å²) in [6.07, 6.45) is 0.0144. The molecule has 2 N–H and O–H groups in total. The molecule has 34 heavy (non-hydrogen) atoms. The van der Waals surface area contributed by atoms with Crippen LogP contribution in [0.3, 0.4) is 0 Å². The molecule has 0 aliphatic heterocycles. The minimum absolute atomic E-state index is 0.0708. The molecule has 0 saturated carbocycles. The molecular weight excluding hydrogens is 432 g/mol. The first-order chi connectivity index (χ1) is 16.3. The zero-order valence-electron chi connectivity index (χ0n) is 20.5. The van der Waals surface area contributed by atoms with Gasteiger partial charge in [0.15, 0.2) is 0 Å². The largest absolute Gasteiger partial charge is 0.467 e. The highest BCUT2D eigenvalue weighted by Crippen LogP contribution is 2.44. The quantitative estimate of drug-likeness (QED) is 0.539. The van der Waals surface area contributed by atoms with Gasteiger partial charge in [0.05, 0.1) is 7.11 Å². The van der Waals surface area contributed by atoms with Crippen molar-refractivity contribution in [2.75, 3.05) is 13.7 Å². The first kappa shape index (κ1) is 25.3. The number of carbonyl (C=O) groups excluding carboxylic acids is 3. The van der Waals surface area contributed by atoms with Crippen molar-refractivity contribution < 1.29 is 23.9 Å². The number of rotatable bonds is 9. The van der Waals surface area contributed by atoms with E-state index in [0.29, 0.717) is 6.42 Å². The highest BCUT2D eigenvalue weighted by Gasteiger charge is 2.33. The van der Waals surface area contributed by atoms with Gasteiger partial charge in [-0.3, -0.25) is 4.79 Å². The van der Waals surface area contributed by atoms with Crippen LogP contribution >= 0.6 is 0 Å². The Balaban J connectivity index is 1.67. The number of alkyl carbamates (subject to hydrolysis) is 1. The number of nitrogens with one attached hydrogen (secondary N) is 2. The molecule has 0 aromatic heterocycles. The van der Waals surface area contributed by atoms with Crippen molar-refractivity contribution in [1.29, 1.82) is 0 Å². The highest BCUT2D eigenvalue weighted by molar-refractivity contribution is 5.90. The van der Waals surface area contributed by atoms with Crippen molar-refractivity contribution in [3.8, 4) is 11.1 Å². The van der Waals surface area contributed by atoms with Crippen LogP contribution in [-0.4, -0.2) is 43.8 Å². The first-order valence-corrected chi connectivity index (χ1v) is 11.8. The summed E-state index contributed by atoms with van der Waals surface area (Å²) in [4.78, 5) is 37.8. The molecule has 2 aromatic carbocycles. The smallest absolute Gasteiger partial charge is 0.407 e. The zero-order chi connectivity index (χ0) is 24.8. The molecule has 7 nitrogen and oxygen atoms in total. The third-order valence-corrected chi connectivity index (χ3v) is 6.53. The van der Waals surface area contributed by atoms with Gasteiger partial charge in [-0.1, -0.05) is 82.6 Å². The van der Waals surface area contributed by atoms with Crippen LogP contribution in [0.1, 0.15) is 51.2 Å². The third-order valence-electron chi connectivity index (χ3n) is 6.53. The van der Waals surface area contributed by atoms with Gasteiger partial charge in [-0.15, -0.1) is 0 Å². The standard InChI is InChI=1S/C27H34N2O5/c1-6-17(4)24(26(31)33-5)28-25(30)23(16(2)3)29-27(32)34-15-22-20-13-9-7-11-18(20)19-12-8-10-14-21(19)22/h7-14,16-17,22-24H,6,15H2,1-5H3,(H,28,30)(H,29,32)/t17-,23-,24-/m0/s1. The van der Waals surface area contributed by atoms with Gasteiger partial charge in [0, 0.05) is 5.92 Å². The highest BCUT2D eigenvalue weighted by atomic mass is 16.5. The molecule has 3 atom stereocenters. The zero-order valence-corrected chi connectivity index (χ0v) is 20.5. The molecule has 0 radical (unpaired) electrons. The topological polar surface area (TPSA) is 93.7 Å². The summed E-state index contributed by atoms with van der Waals surface area (Å²) >= 11 is 0. The Hall–Kier alpha value is -3.35. The fraction of sp³-hybridized carbons (Fsp3) is 0.444. The summed E-state index contributed by atoms with van der Waals surface area (Å²) in [7, 11) is 1.29. The first-order valence-electron chi connectivity index (χ1n) is 11.8. The van der Waals surface area contributed by atoms with Crippen molar-refractivity contribution in [3.63, 3.8) is 0 Å². The fourth-order valence-corrected chi connectivity index (χ4v) is 4.34. The Bertz CT molecular complexity index is 990. The fourth-order valence-electron chi connectivity index (χ4n) is 4.34. The second-order valence-corrected chi connectivity index (χ2v) is 9.09. The Morgan fingerprint density at radius 2 is 1.44 bits per heavy atom. The number of ether oxygens (including phenoxy) is 2. The molecule has 0 bridgehead atoms. The van der Waals surface area contributed by atoms with E-state index in [9.17, 15) is 14.4 Å². The van der Waals surface area contributed by atoms with E-state index in [2.05, 4.69) is 22.8 Å². The lowest BCUT2D eigenvalue weighted by Gasteiger charge is -2.27. The molecule has 0 fully saturated rings. The minimum Gasteiger partial charge on any atom is -0.467 e. The molecule has 2 amide bonds. The number of hydrogen-bond acceptors (Lipinski definition) is 5. The number of hydrogen-bond donors (Lipinski definition) is 2. The maximum atomic E-state index is 13.0. The maximum absolute atomic E-state index is 13.0. The van der Waals surface area contributed by atoms with E-state index in [1.807, 2.05) is 64.1 Å². The number of methoxy groups -OCH3 is 1. The number of fused-ring (bicyclic) bond motifs is 3. The molecule has 1 aliphatic rings. The van der Waals surface area contributed by atoms with Crippen LogP contribution in [0, 0.1) is 11.8 Å². The molecule has 0 heterocycles. The monoisotopic (exact) mass is 466 g/mol. The van der Waals surface area contributed by atoms with Crippen molar-refractivity contribution in [1.82, 2.24) is 10.6 Å². The lowest BCUT2D eigenvalue weighted by atomic mass is 9.97. The van der Waals surface area contributed by atoms with Crippen molar-refractivity contribution >= 4 is 18.0 Å². The van der Waals surface area contributed by atoms with E-state index in [1.54, 1.807) is 0 Å². The van der Waals surface area contributed by atoms with E-state index < -0.39 is 30.1 Å². The van der Waals surface area contributed by atoms with Crippen LogP contribution < -0.4 is 10.6 Å². The van der Waals surface area contributed by atoms with Crippen LogP contribution in [-0.2, 0) is 19.1 Å². The molecule has 1 aliphatic carbocycles. The van der Waals surface area contributed by atoms with Gasteiger partial charge >= 0.3 is 12.1 Å². The van der Waals surface area contributed by atoms with Gasteiger partial charge in [0.2, 0.25) is 5.91 Å². The summed E-state index contributed by atoms with van der Waals surface area (Å²) in [6.45, 7) is 7.60. The van der Waals surface area contributed by atoms with E-state index in [1.165, 1.54) is 7.11 Å².